The van der Waals surface area contributed by atoms with Crippen LogP contribution in [0.15, 0.2) is 46.9 Å². The molecule has 0 unspecified atom stereocenters. The minimum Gasteiger partial charge on any atom is -0.488 e. The molecular formula is C14H14BrNO. The molecular weight excluding hydrogens is 278 g/mol. The summed E-state index contributed by atoms with van der Waals surface area (Å²) in [5, 5.41) is 0. The number of hydrogen-bond acceptors (Lipinski definition) is 2. The highest BCUT2D eigenvalue weighted by atomic mass is 79.9. The van der Waals surface area contributed by atoms with E-state index in [4.69, 9.17) is 10.5 Å². The molecule has 2 nitrogen and oxygen atoms in total. The molecule has 0 bridgehead atoms. The lowest BCUT2D eigenvalue weighted by Gasteiger charge is -2.10. The highest BCUT2D eigenvalue weighted by molar-refractivity contribution is 9.10. The van der Waals surface area contributed by atoms with Gasteiger partial charge >= 0.3 is 0 Å². The van der Waals surface area contributed by atoms with Gasteiger partial charge in [0, 0.05) is 11.3 Å². The van der Waals surface area contributed by atoms with Gasteiger partial charge in [0.25, 0.3) is 0 Å². The predicted octanol–water partition coefficient (Wildman–Crippen LogP) is 3.92. The third kappa shape index (κ3) is 3.01. The summed E-state index contributed by atoms with van der Waals surface area (Å²) >= 11 is 3.48. The normalized spacial score (nSPS) is 10.2. The van der Waals surface area contributed by atoms with E-state index in [0.717, 1.165) is 21.5 Å². The Hall–Kier alpha value is -1.48. The molecule has 0 aliphatic rings. The minimum atomic E-state index is 0.480. The molecule has 0 atom stereocenters. The Morgan fingerprint density at radius 1 is 1.18 bits per heavy atom. The molecule has 0 saturated heterocycles. The fourth-order valence-electron chi connectivity index (χ4n) is 1.54. The van der Waals surface area contributed by atoms with Crippen molar-refractivity contribution in [3.8, 4) is 5.75 Å². The molecule has 0 amide bonds. The molecule has 2 rings (SSSR count). The van der Waals surface area contributed by atoms with Crippen LogP contribution < -0.4 is 10.5 Å². The summed E-state index contributed by atoms with van der Waals surface area (Å²) < 4.78 is 6.70. The summed E-state index contributed by atoms with van der Waals surface area (Å²) in [6.45, 7) is 2.53. The second-order valence-corrected chi connectivity index (χ2v) is 4.78. The first kappa shape index (κ1) is 12.0. The van der Waals surface area contributed by atoms with E-state index in [1.807, 2.05) is 49.4 Å². The molecule has 0 aliphatic carbocycles. The molecule has 0 fully saturated rings. The van der Waals surface area contributed by atoms with Crippen molar-refractivity contribution in [1.29, 1.82) is 0 Å². The van der Waals surface area contributed by atoms with Gasteiger partial charge < -0.3 is 10.5 Å². The molecule has 88 valence electrons. The van der Waals surface area contributed by atoms with Crippen molar-refractivity contribution in [3.05, 3.63) is 58.1 Å². The average molecular weight is 292 g/mol. The first-order valence-corrected chi connectivity index (χ1v) is 6.18. The molecule has 0 heterocycles. The fourth-order valence-corrected chi connectivity index (χ4v) is 2.15. The van der Waals surface area contributed by atoms with Crippen molar-refractivity contribution in [1.82, 2.24) is 0 Å². The maximum atomic E-state index is 5.86. The summed E-state index contributed by atoms with van der Waals surface area (Å²) in [5.41, 5.74) is 8.81. The zero-order chi connectivity index (χ0) is 12.3. The van der Waals surface area contributed by atoms with Gasteiger partial charge in [0.1, 0.15) is 12.4 Å². The maximum Gasteiger partial charge on any atom is 0.134 e. The third-order valence-electron chi connectivity index (χ3n) is 2.53. The van der Waals surface area contributed by atoms with Crippen molar-refractivity contribution in [3.63, 3.8) is 0 Å². The standard InChI is InChI=1S/C14H14BrNO/c1-10-6-7-14(12(15)8-10)17-9-11-4-2-3-5-13(11)16/h2-8H,9,16H2,1H3. The van der Waals surface area contributed by atoms with Crippen molar-refractivity contribution in [2.45, 2.75) is 13.5 Å². The topological polar surface area (TPSA) is 35.2 Å². The summed E-state index contributed by atoms with van der Waals surface area (Å²) in [6, 6.07) is 13.7. The Bertz CT molecular complexity index is 525. The Morgan fingerprint density at radius 3 is 2.65 bits per heavy atom. The Balaban J connectivity index is 2.10. The van der Waals surface area contributed by atoms with E-state index in [0.29, 0.717) is 6.61 Å². The van der Waals surface area contributed by atoms with Crippen LogP contribution in [0.3, 0.4) is 0 Å². The number of anilines is 1. The number of para-hydroxylation sites is 1. The van der Waals surface area contributed by atoms with Crippen LogP contribution in [0, 0.1) is 6.92 Å². The van der Waals surface area contributed by atoms with Crippen LogP contribution in [0.5, 0.6) is 5.75 Å². The van der Waals surface area contributed by atoms with Gasteiger partial charge in [0.05, 0.1) is 4.47 Å². The first-order chi connectivity index (χ1) is 8.16. The monoisotopic (exact) mass is 291 g/mol. The van der Waals surface area contributed by atoms with Crippen LogP contribution in [-0.4, -0.2) is 0 Å². The quantitative estimate of drug-likeness (QED) is 0.870. The number of aryl methyl sites for hydroxylation is 1. The Kier molecular flexibility index (Phi) is 3.69. The van der Waals surface area contributed by atoms with Gasteiger partial charge in [-0.2, -0.15) is 0 Å². The lowest BCUT2D eigenvalue weighted by molar-refractivity contribution is 0.305. The van der Waals surface area contributed by atoms with Gasteiger partial charge in [-0.3, -0.25) is 0 Å². The molecule has 0 aliphatic heterocycles. The van der Waals surface area contributed by atoms with Crippen molar-refractivity contribution < 1.29 is 4.74 Å². The number of halogens is 1. The number of nitrogens with two attached hydrogens (primary N) is 1. The van der Waals surface area contributed by atoms with Crippen molar-refractivity contribution in [2.24, 2.45) is 0 Å². The largest absolute Gasteiger partial charge is 0.488 e. The maximum absolute atomic E-state index is 5.86. The molecule has 17 heavy (non-hydrogen) atoms. The van der Waals surface area contributed by atoms with Gasteiger partial charge in [-0.05, 0) is 46.6 Å². The molecule has 0 saturated carbocycles. The molecule has 2 N–H and O–H groups in total. The van der Waals surface area contributed by atoms with Gasteiger partial charge in [0.2, 0.25) is 0 Å². The first-order valence-electron chi connectivity index (χ1n) is 5.39. The summed E-state index contributed by atoms with van der Waals surface area (Å²) in [5.74, 6) is 0.832. The third-order valence-corrected chi connectivity index (χ3v) is 3.15. The van der Waals surface area contributed by atoms with E-state index in [-0.39, 0.29) is 0 Å². The molecule has 3 heteroatoms. The summed E-state index contributed by atoms with van der Waals surface area (Å²) in [4.78, 5) is 0. The van der Waals surface area contributed by atoms with E-state index in [1.165, 1.54) is 5.56 Å². The van der Waals surface area contributed by atoms with E-state index >= 15 is 0 Å². The van der Waals surface area contributed by atoms with E-state index in [2.05, 4.69) is 15.9 Å². The number of nitrogen functional groups attached to an aromatic ring is 1. The van der Waals surface area contributed by atoms with E-state index < -0.39 is 0 Å². The molecule has 2 aromatic carbocycles. The predicted molar refractivity (Wildman–Crippen MR) is 74.1 cm³/mol. The number of rotatable bonds is 3. The number of ether oxygens (including phenoxy) is 1. The Morgan fingerprint density at radius 2 is 1.94 bits per heavy atom. The van der Waals surface area contributed by atoms with Crippen LogP contribution in [0.25, 0.3) is 0 Å². The molecule has 0 radical (unpaired) electrons. The lowest BCUT2D eigenvalue weighted by atomic mass is 10.2. The van der Waals surface area contributed by atoms with Crippen molar-refractivity contribution >= 4 is 21.6 Å². The summed E-state index contributed by atoms with van der Waals surface area (Å²) in [6.07, 6.45) is 0. The fraction of sp³-hybridized carbons (Fsp3) is 0.143. The van der Waals surface area contributed by atoms with Gasteiger partial charge in [0.15, 0.2) is 0 Å². The molecule has 0 aromatic heterocycles. The number of benzene rings is 2. The average Bonchev–Trinajstić information content (AvgIpc) is 2.30. The van der Waals surface area contributed by atoms with Crippen LogP contribution >= 0.6 is 15.9 Å². The molecule has 0 spiro atoms. The van der Waals surface area contributed by atoms with Gasteiger partial charge in [-0.1, -0.05) is 24.3 Å². The summed E-state index contributed by atoms with van der Waals surface area (Å²) in [7, 11) is 0. The van der Waals surface area contributed by atoms with Gasteiger partial charge in [-0.25, -0.2) is 0 Å². The second-order valence-electron chi connectivity index (χ2n) is 3.92. The minimum absolute atomic E-state index is 0.480. The highest BCUT2D eigenvalue weighted by Gasteiger charge is 2.03. The van der Waals surface area contributed by atoms with E-state index in [1.54, 1.807) is 0 Å². The highest BCUT2D eigenvalue weighted by Crippen LogP contribution is 2.27. The van der Waals surface area contributed by atoms with Crippen LogP contribution in [0.2, 0.25) is 0 Å². The lowest BCUT2D eigenvalue weighted by Crippen LogP contribution is -2.00. The van der Waals surface area contributed by atoms with Crippen LogP contribution in [-0.2, 0) is 6.61 Å². The zero-order valence-corrected chi connectivity index (χ0v) is 11.2. The smallest absolute Gasteiger partial charge is 0.134 e. The SMILES string of the molecule is Cc1ccc(OCc2ccccc2N)c(Br)c1. The molecule has 2 aromatic rings. The van der Waals surface area contributed by atoms with Crippen molar-refractivity contribution in [2.75, 3.05) is 5.73 Å². The van der Waals surface area contributed by atoms with Crippen LogP contribution in [0.4, 0.5) is 5.69 Å². The number of hydrogen-bond donors (Lipinski definition) is 1. The van der Waals surface area contributed by atoms with Crippen LogP contribution in [0.1, 0.15) is 11.1 Å². The second kappa shape index (κ2) is 5.23. The van der Waals surface area contributed by atoms with E-state index in [9.17, 15) is 0 Å². The van der Waals surface area contributed by atoms with Gasteiger partial charge in [-0.15, -0.1) is 0 Å². The Labute approximate surface area is 110 Å². The zero-order valence-electron chi connectivity index (χ0n) is 9.61.